The summed E-state index contributed by atoms with van der Waals surface area (Å²) in [5, 5.41) is 14.4. The second-order valence-electron chi connectivity index (χ2n) is 9.38. The number of aliphatic hydroxyl groups is 1. The smallest absolute Gasteiger partial charge is 0.321 e. The summed E-state index contributed by atoms with van der Waals surface area (Å²) in [5.41, 5.74) is 2.13. The first-order chi connectivity index (χ1) is 18.0. The van der Waals surface area contributed by atoms with Gasteiger partial charge in [-0.3, -0.25) is 4.79 Å². The van der Waals surface area contributed by atoms with Gasteiger partial charge in [-0.15, -0.1) is 0 Å². The highest BCUT2D eigenvalue weighted by atomic mass is 16.5. The molecule has 2 aromatic carbocycles. The van der Waals surface area contributed by atoms with Gasteiger partial charge in [-0.2, -0.15) is 0 Å². The van der Waals surface area contributed by atoms with Gasteiger partial charge in [0.05, 0.1) is 18.1 Å². The maximum atomic E-state index is 12.8. The Balaban J connectivity index is 1.23. The van der Waals surface area contributed by atoms with Gasteiger partial charge in [-0.05, 0) is 35.9 Å². The second-order valence-corrected chi connectivity index (χ2v) is 9.38. The Labute approximate surface area is 218 Å². The highest BCUT2D eigenvalue weighted by Crippen LogP contribution is 2.30. The number of carbonyl (C=O) groups is 2. The van der Waals surface area contributed by atoms with E-state index in [1.54, 1.807) is 29.2 Å². The van der Waals surface area contributed by atoms with E-state index in [0.29, 0.717) is 30.9 Å². The van der Waals surface area contributed by atoms with Crippen molar-refractivity contribution in [2.45, 2.75) is 38.9 Å². The minimum atomic E-state index is -0.293. The van der Waals surface area contributed by atoms with Crippen LogP contribution in [0.25, 0.3) is 0 Å². The van der Waals surface area contributed by atoms with Gasteiger partial charge in [-0.1, -0.05) is 43.3 Å². The van der Waals surface area contributed by atoms with Gasteiger partial charge < -0.3 is 30.1 Å². The Kier molecular flexibility index (Phi) is 9.21. The molecule has 1 atom stereocenters. The number of aliphatic hydroxyl groups excluding tert-OH is 1. The average molecular weight is 506 g/mol. The predicted molar refractivity (Wildman–Crippen MR) is 142 cm³/mol. The summed E-state index contributed by atoms with van der Waals surface area (Å²) >= 11 is 0. The van der Waals surface area contributed by atoms with E-state index in [0.717, 1.165) is 36.3 Å². The number of anilines is 1. The molecular formula is C29H35N3O5. The van der Waals surface area contributed by atoms with Gasteiger partial charge in [0.2, 0.25) is 0 Å². The van der Waals surface area contributed by atoms with Crippen molar-refractivity contribution in [2.75, 3.05) is 31.6 Å². The topological polar surface area (TPSA) is 100 Å². The number of rotatable bonds is 9. The third kappa shape index (κ3) is 7.60. The zero-order chi connectivity index (χ0) is 26.0. The van der Waals surface area contributed by atoms with Crippen LogP contribution in [0.2, 0.25) is 0 Å². The van der Waals surface area contributed by atoms with Crippen LogP contribution in [-0.2, 0) is 16.1 Å². The largest absolute Gasteiger partial charge is 0.494 e. The first-order valence-corrected chi connectivity index (χ1v) is 12.8. The molecular weight excluding hydrogens is 470 g/mol. The van der Waals surface area contributed by atoms with E-state index in [4.69, 9.17) is 14.6 Å². The van der Waals surface area contributed by atoms with Crippen LogP contribution in [0, 0.1) is 5.92 Å². The molecule has 1 saturated heterocycles. The number of nitrogens with zero attached hydrogens (tertiary/aromatic N) is 1. The Hall–Kier alpha value is -3.78. The fraction of sp³-hybridized carbons (Fsp3) is 0.379. The summed E-state index contributed by atoms with van der Waals surface area (Å²) in [5.74, 6) is 1.87. The van der Waals surface area contributed by atoms with E-state index in [-0.39, 0.29) is 37.1 Å². The fourth-order valence-electron chi connectivity index (χ4n) is 4.40. The minimum Gasteiger partial charge on any atom is -0.494 e. The normalized spacial score (nSPS) is 17.9. The number of hydrogen-bond acceptors (Lipinski definition) is 5. The summed E-state index contributed by atoms with van der Waals surface area (Å²) in [4.78, 5) is 26.6. The Bertz CT molecular complexity index is 1120. The number of allylic oxidation sites excluding steroid dienone is 4. The molecule has 37 heavy (non-hydrogen) atoms. The second kappa shape index (κ2) is 13.0. The molecule has 3 N–H and O–H groups in total. The Morgan fingerprint density at radius 1 is 1.05 bits per heavy atom. The molecule has 0 bridgehead atoms. The molecule has 1 heterocycles. The molecule has 1 unspecified atom stereocenters. The molecule has 0 spiro atoms. The standard InChI is InChI=1S/C29H35N3O5/c1-21-18-26(36-20-22-6-3-2-4-7-22)10-11-27(21)37-25-12-15-32(16-13-25)29(35)31-24-9-5-8-23(19-24)28(34)30-14-17-33/h2-11,19,21,25,33H,12-18,20H2,1H3,(H,30,34)(H,31,35). The van der Waals surface area contributed by atoms with E-state index >= 15 is 0 Å². The van der Waals surface area contributed by atoms with Gasteiger partial charge in [0.1, 0.15) is 12.7 Å². The highest BCUT2D eigenvalue weighted by Gasteiger charge is 2.27. The van der Waals surface area contributed by atoms with Crippen molar-refractivity contribution in [3.8, 4) is 0 Å². The average Bonchev–Trinajstić information content (AvgIpc) is 2.93. The number of carbonyl (C=O) groups excluding carboxylic acids is 2. The highest BCUT2D eigenvalue weighted by molar-refractivity contribution is 5.96. The quantitative estimate of drug-likeness (QED) is 0.468. The summed E-state index contributed by atoms with van der Waals surface area (Å²) in [6.07, 6.45) is 6.38. The molecule has 1 aliphatic heterocycles. The minimum absolute atomic E-state index is 0.0662. The van der Waals surface area contributed by atoms with E-state index in [1.807, 2.05) is 30.4 Å². The van der Waals surface area contributed by atoms with Crippen molar-refractivity contribution in [1.82, 2.24) is 10.2 Å². The molecule has 8 heteroatoms. The molecule has 1 aliphatic carbocycles. The Morgan fingerprint density at radius 2 is 1.84 bits per heavy atom. The SMILES string of the molecule is CC1CC(OCc2ccccc2)=CC=C1OC1CCN(C(=O)Nc2cccc(C(=O)NCCO)c2)CC1. The number of likely N-dealkylation sites (tertiary alicyclic amines) is 1. The first kappa shape index (κ1) is 26.3. The van der Waals surface area contributed by atoms with Crippen LogP contribution in [0.4, 0.5) is 10.5 Å². The van der Waals surface area contributed by atoms with Gasteiger partial charge in [0, 0.05) is 56.1 Å². The summed E-state index contributed by atoms with van der Waals surface area (Å²) in [6, 6.07) is 16.7. The molecule has 196 valence electrons. The number of piperidine rings is 1. The van der Waals surface area contributed by atoms with Crippen molar-refractivity contribution in [1.29, 1.82) is 0 Å². The summed E-state index contributed by atoms with van der Waals surface area (Å²) in [6.45, 7) is 3.95. The fourth-order valence-corrected chi connectivity index (χ4v) is 4.40. The monoisotopic (exact) mass is 505 g/mol. The lowest BCUT2D eigenvalue weighted by Gasteiger charge is -2.34. The van der Waals surface area contributed by atoms with Crippen LogP contribution in [0.15, 0.2) is 78.3 Å². The van der Waals surface area contributed by atoms with Crippen molar-refractivity contribution in [3.05, 3.63) is 89.4 Å². The maximum absolute atomic E-state index is 12.8. The van der Waals surface area contributed by atoms with Gasteiger partial charge >= 0.3 is 6.03 Å². The van der Waals surface area contributed by atoms with Gasteiger partial charge in [0.15, 0.2) is 0 Å². The molecule has 0 aromatic heterocycles. The van der Waals surface area contributed by atoms with Gasteiger partial charge in [0.25, 0.3) is 5.91 Å². The lowest BCUT2D eigenvalue weighted by Crippen LogP contribution is -2.43. The molecule has 3 amide bonds. The lowest BCUT2D eigenvalue weighted by atomic mass is 9.98. The zero-order valence-electron chi connectivity index (χ0n) is 21.2. The van der Waals surface area contributed by atoms with Crippen LogP contribution in [0.1, 0.15) is 42.1 Å². The number of hydrogen-bond donors (Lipinski definition) is 3. The molecule has 1 fully saturated rings. The molecule has 0 radical (unpaired) electrons. The molecule has 4 rings (SSSR count). The molecule has 2 aromatic rings. The van der Waals surface area contributed by atoms with Crippen molar-refractivity contribution in [3.63, 3.8) is 0 Å². The third-order valence-corrected chi connectivity index (χ3v) is 6.50. The summed E-state index contributed by atoms with van der Waals surface area (Å²) < 4.78 is 12.3. The number of benzene rings is 2. The summed E-state index contributed by atoms with van der Waals surface area (Å²) in [7, 11) is 0. The molecule has 2 aliphatic rings. The third-order valence-electron chi connectivity index (χ3n) is 6.50. The van der Waals surface area contributed by atoms with Crippen LogP contribution in [-0.4, -0.2) is 54.3 Å². The van der Waals surface area contributed by atoms with E-state index in [2.05, 4.69) is 29.7 Å². The van der Waals surface area contributed by atoms with Crippen LogP contribution >= 0.6 is 0 Å². The Morgan fingerprint density at radius 3 is 2.57 bits per heavy atom. The van der Waals surface area contributed by atoms with Crippen LogP contribution in [0.5, 0.6) is 0 Å². The van der Waals surface area contributed by atoms with E-state index in [1.165, 1.54) is 0 Å². The van der Waals surface area contributed by atoms with Crippen molar-refractivity contribution < 1.29 is 24.2 Å². The van der Waals surface area contributed by atoms with E-state index in [9.17, 15) is 9.59 Å². The lowest BCUT2D eigenvalue weighted by molar-refractivity contribution is 0.0447. The first-order valence-electron chi connectivity index (χ1n) is 12.8. The van der Waals surface area contributed by atoms with Crippen LogP contribution in [0.3, 0.4) is 0 Å². The molecule has 0 saturated carbocycles. The molecule has 8 nitrogen and oxygen atoms in total. The number of ether oxygens (including phenoxy) is 2. The maximum Gasteiger partial charge on any atom is 0.321 e. The zero-order valence-corrected chi connectivity index (χ0v) is 21.2. The number of amides is 3. The van der Waals surface area contributed by atoms with Gasteiger partial charge in [-0.25, -0.2) is 4.79 Å². The van der Waals surface area contributed by atoms with E-state index < -0.39 is 0 Å². The predicted octanol–water partition coefficient (Wildman–Crippen LogP) is 4.45. The van der Waals surface area contributed by atoms with Crippen molar-refractivity contribution in [2.24, 2.45) is 5.92 Å². The number of urea groups is 1. The van der Waals surface area contributed by atoms with Crippen molar-refractivity contribution >= 4 is 17.6 Å². The van der Waals surface area contributed by atoms with Crippen LogP contribution < -0.4 is 10.6 Å². The number of nitrogens with one attached hydrogen (secondary N) is 2.